The maximum absolute atomic E-state index is 10.4. The van der Waals surface area contributed by atoms with Crippen LogP contribution in [0.25, 0.3) is 0 Å². The number of hydrogen-bond donors (Lipinski definition) is 2. The van der Waals surface area contributed by atoms with Crippen LogP contribution in [0.2, 0.25) is 0 Å². The Hall–Kier alpha value is -2.35. The van der Waals surface area contributed by atoms with Crippen molar-refractivity contribution >= 4 is 5.69 Å². The lowest BCUT2D eigenvalue weighted by Crippen LogP contribution is -2.40. The summed E-state index contributed by atoms with van der Waals surface area (Å²) in [4.78, 5) is 2.32. The second-order valence-electron chi connectivity index (χ2n) is 6.84. The van der Waals surface area contributed by atoms with E-state index in [1.807, 2.05) is 12.1 Å². The molecule has 0 saturated carbocycles. The van der Waals surface area contributed by atoms with E-state index in [2.05, 4.69) is 47.5 Å². The van der Waals surface area contributed by atoms with Gasteiger partial charge in [-0.25, -0.2) is 0 Å². The molecule has 0 spiro atoms. The number of nitrogens with zero attached hydrogens (tertiary/aromatic N) is 2. The highest BCUT2D eigenvalue weighted by Gasteiger charge is 2.21. The molecule has 1 heterocycles. The fraction of sp³-hybridized carbons (Fsp3) is 0.381. The van der Waals surface area contributed by atoms with Crippen LogP contribution in [0.5, 0.6) is 0 Å². The Morgan fingerprint density at radius 2 is 1.92 bits per heavy atom. The molecule has 1 aliphatic heterocycles. The number of benzene rings is 2. The summed E-state index contributed by atoms with van der Waals surface area (Å²) < 4.78 is 0. The van der Waals surface area contributed by atoms with Crippen molar-refractivity contribution in [1.29, 1.82) is 5.26 Å². The Morgan fingerprint density at radius 1 is 1.20 bits per heavy atom. The van der Waals surface area contributed by atoms with Crippen molar-refractivity contribution in [3.05, 3.63) is 65.2 Å². The van der Waals surface area contributed by atoms with Crippen molar-refractivity contribution in [1.82, 2.24) is 4.90 Å². The van der Waals surface area contributed by atoms with E-state index in [1.54, 1.807) is 12.1 Å². The smallest absolute Gasteiger partial charge is 0.0991 e. The highest BCUT2D eigenvalue weighted by Crippen LogP contribution is 2.20. The van der Waals surface area contributed by atoms with Gasteiger partial charge in [-0.15, -0.1) is 0 Å². The van der Waals surface area contributed by atoms with Gasteiger partial charge in [-0.1, -0.05) is 24.3 Å². The van der Waals surface area contributed by atoms with Crippen LogP contribution >= 0.6 is 0 Å². The van der Waals surface area contributed by atoms with Gasteiger partial charge in [0, 0.05) is 31.4 Å². The highest BCUT2D eigenvalue weighted by molar-refractivity contribution is 5.46. The molecule has 0 aromatic heterocycles. The van der Waals surface area contributed by atoms with Gasteiger partial charge >= 0.3 is 0 Å². The summed E-state index contributed by atoms with van der Waals surface area (Å²) in [7, 11) is 0. The standard InChI is InChI=1S/C21H25N3O/c1-16-3-2-4-20(13-16)23-19-9-11-24(12-10-19)15-21(25)18-7-5-17(14-22)6-8-18/h2-8,13,19,21,23,25H,9-12,15H2,1H3. The minimum atomic E-state index is -0.506. The molecule has 130 valence electrons. The monoisotopic (exact) mass is 335 g/mol. The molecule has 0 amide bonds. The number of β-amino-alcohol motifs (C(OH)–C–C–N with tert-alkyl or cyclic N) is 1. The summed E-state index contributed by atoms with van der Waals surface area (Å²) in [5.74, 6) is 0. The third-order valence-corrected chi connectivity index (χ3v) is 4.83. The van der Waals surface area contributed by atoms with E-state index in [9.17, 15) is 5.11 Å². The number of aliphatic hydroxyl groups excluding tert-OH is 1. The van der Waals surface area contributed by atoms with E-state index >= 15 is 0 Å². The first kappa shape index (κ1) is 17.5. The molecule has 25 heavy (non-hydrogen) atoms. The van der Waals surface area contributed by atoms with Crippen molar-refractivity contribution in [2.45, 2.75) is 31.9 Å². The number of piperidine rings is 1. The Kier molecular flexibility index (Phi) is 5.70. The lowest BCUT2D eigenvalue weighted by atomic mass is 10.0. The van der Waals surface area contributed by atoms with Crippen LogP contribution in [0.1, 0.15) is 35.6 Å². The molecule has 1 aliphatic rings. The van der Waals surface area contributed by atoms with E-state index in [0.717, 1.165) is 31.5 Å². The van der Waals surface area contributed by atoms with Crippen molar-refractivity contribution in [3.63, 3.8) is 0 Å². The van der Waals surface area contributed by atoms with Crippen molar-refractivity contribution < 1.29 is 5.11 Å². The third-order valence-electron chi connectivity index (χ3n) is 4.83. The van der Waals surface area contributed by atoms with Gasteiger partial charge in [0.15, 0.2) is 0 Å². The lowest BCUT2D eigenvalue weighted by molar-refractivity contribution is 0.0991. The average molecular weight is 335 g/mol. The van der Waals surface area contributed by atoms with Crippen LogP contribution in [0.15, 0.2) is 48.5 Å². The normalized spacial score (nSPS) is 17.0. The fourth-order valence-corrected chi connectivity index (χ4v) is 3.36. The van der Waals surface area contributed by atoms with Crippen LogP contribution in [0, 0.1) is 18.3 Å². The number of nitriles is 1. The average Bonchev–Trinajstić information content (AvgIpc) is 2.63. The number of hydrogen-bond acceptors (Lipinski definition) is 4. The third kappa shape index (κ3) is 4.82. The largest absolute Gasteiger partial charge is 0.387 e. The molecule has 1 saturated heterocycles. The Morgan fingerprint density at radius 3 is 2.56 bits per heavy atom. The number of aryl methyl sites for hydroxylation is 1. The molecule has 1 fully saturated rings. The maximum Gasteiger partial charge on any atom is 0.0991 e. The molecule has 2 N–H and O–H groups in total. The molecular formula is C21H25N3O. The zero-order chi connectivity index (χ0) is 17.6. The van der Waals surface area contributed by atoms with Crippen LogP contribution in [0.3, 0.4) is 0 Å². The summed E-state index contributed by atoms with van der Waals surface area (Å²) in [5.41, 5.74) is 3.96. The zero-order valence-electron chi connectivity index (χ0n) is 14.7. The molecule has 1 atom stereocenters. The highest BCUT2D eigenvalue weighted by atomic mass is 16.3. The van der Waals surface area contributed by atoms with E-state index in [-0.39, 0.29) is 0 Å². The molecule has 1 unspecified atom stereocenters. The Labute approximate surface area is 149 Å². The summed E-state index contributed by atoms with van der Waals surface area (Å²) >= 11 is 0. The number of likely N-dealkylation sites (tertiary alicyclic amines) is 1. The summed E-state index contributed by atoms with van der Waals surface area (Å²) in [6, 6.07) is 18.3. The van der Waals surface area contributed by atoms with E-state index < -0.39 is 6.10 Å². The van der Waals surface area contributed by atoms with Crippen LogP contribution in [-0.2, 0) is 0 Å². The molecule has 4 nitrogen and oxygen atoms in total. The molecule has 2 aromatic rings. The van der Waals surface area contributed by atoms with Gasteiger partial charge in [0.1, 0.15) is 0 Å². The number of anilines is 1. The van der Waals surface area contributed by atoms with Gasteiger partial charge in [0.2, 0.25) is 0 Å². The zero-order valence-corrected chi connectivity index (χ0v) is 14.7. The molecule has 2 aromatic carbocycles. The van der Waals surface area contributed by atoms with Gasteiger partial charge in [0.05, 0.1) is 17.7 Å². The predicted molar refractivity (Wildman–Crippen MR) is 100 cm³/mol. The fourth-order valence-electron chi connectivity index (χ4n) is 3.36. The summed E-state index contributed by atoms with van der Waals surface area (Å²) in [5, 5.41) is 22.9. The quantitative estimate of drug-likeness (QED) is 0.878. The van der Waals surface area contributed by atoms with E-state index in [4.69, 9.17) is 5.26 Å². The predicted octanol–water partition coefficient (Wildman–Crippen LogP) is 3.48. The maximum atomic E-state index is 10.4. The molecule has 3 rings (SSSR count). The van der Waals surface area contributed by atoms with Gasteiger partial charge in [-0.3, -0.25) is 0 Å². The van der Waals surface area contributed by atoms with Gasteiger partial charge in [-0.2, -0.15) is 5.26 Å². The first-order chi connectivity index (χ1) is 12.1. The van der Waals surface area contributed by atoms with Crippen LogP contribution in [-0.4, -0.2) is 35.7 Å². The van der Waals surface area contributed by atoms with E-state index in [1.165, 1.54) is 11.3 Å². The topological polar surface area (TPSA) is 59.3 Å². The first-order valence-corrected chi connectivity index (χ1v) is 8.88. The van der Waals surface area contributed by atoms with Gasteiger partial charge in [0.25, 0.3) is 0 Å². The number of aliphatic hydroxyl groups is 1. The number of nitrogens with one attached hydrogen (secondary N) is 1. The summed E-state index contributed by atoms with van der Waals surface area (Å²) in [6.45, 7) is 4.72. The minimum absolute atomic E-state index is 0.491. The Balaban J connectivity index is 1.47. The first-order valence-electron chi connectivity index (χ1n) is 8.88. The Bertz CT molecular complexity index is 728. The minimum Gasteiger partial charge on any atom is -0.387 e. The molecule has 0 radical (unpaired) electrons. The molecule has 0 bridgehead atoms. The molecule has 4 heteroatoms. The molecular weight excluding hydrogens is 310 g/mol. The van der Waals surface area contributed by atoms with Crippen LogP contribution in [0.4, 0.5) is 5.69 Å². The van der Waals surface area contributed by atoms with Crippen molar-refractivity contribution in [2.24, 2.45) is 0 Å². The van der Waals surface area contributed by atoms with Crippen LogP contribution < -0.4 is 5.32 Å². The van der Waals surface area contributed by atoms with Gasteiger partial charge in [-0.05, 0) is 55.2 Å². The summed E-state index contributed by atoms with van der Waals surface area (Å²) in [6.07, 6.45) is 1.65. The van der Waals surface area contributed by atoms with Gasteiger partial charge < -0.3 is 15.3 Å². The van der Waals surface area contributed by atoms with Crippen molar-refractivity contribution in [3.8, 4) is 6.07 Å². The second kappa shape index (κ2) is 8.15. The number of rotatable bonds is 5. The second-order valence-corrected chi connectivity index (χ2v) is 6.84. The SMILES string of the molecule is Cc1cccc(NC2CCN(CC(O)c3ccc(C#N)cc3)CC2)c1. The molecule has 0 aliphatic carbocycles. The van der Waals surface area contributed by atoms with Crippen molar-refractivity contribution in [2.75, 3.05) is 25.0 Å². The lowest BCUT2D eigenvalue weighted by Gasteiger charge is -2.34. The van der Waals surface area contributed by atoms with E-state index in [0.29, 0.717) is 18.2 Å².